The Morgan fingerprint density at radius 1 is 1.45 bits per heavy atom. The van der Waals surface area contributed by atoms with E-state index in [2.05, 4.69) is 24.3 Å². The van der Waals surface area contributed by atoms with Crippen LogP contribution in [-0.4, -0.2) is 33.2 Å². The number of hydrogen-bond donors (Lipinski definition) is 1. The van der Waals surface area contributed by atoms with Crippen molar-refractivity contribution >= 4 is 17.7 Å². The van der Waals surface area contributed by atoms with Crippen molar-refractivity contribution in [2.75, 3.05) is 12.3 Å². The highest BCUT2D eigenvalue weighted by atomic mass is 32.2. The molecule has 1 aliphatic rings. The molecule has 0 spiro atoms. The maximum absolute atomic E-state index is 12.0. The van der Waals surface area contributed by atoms with Crippen LogP contribution in [0, 0.1) is 0 Å². The van der Waals surface area contributed by atoms with E-state index < -0.39 is 0 Å². The van der Waals surface area contributed by atoms with Crippen LogP contribution in [0.25, 0.3) is 0 Å². The van der Waals surface area contributed by atoms with Crippen LogP contribution in [0.5, 0.6) is 0 Å². The van der Waals surface area contributed by atoms with Gasteiger partial charge in [-0.05, 0) is 26.7 Å². The third-order valence-electron chi connectivity index (χ3n) is 3.69. The lowest BCUT2D eigenvalue weighted by atomic mass is 10.0. The van der Waals surface area contributed by atoms with E-state index in [9.17, 15) is 4.79 Å². The Balaban J connectivity index is 1.66. The molecule has 2 rings (SSSR count). The summed E-state index contributed by atoms with van der Waals surface area (Å²) in [7, 11) is 0. The van der Waals surface area contributed by atoms with E-state index in [1.54, 1.807) is 6.20 Å². The Labute approximate surface area is 125 Å². The highest BCUT2D eigenvalue weighted by Gasteiger charge is 2.14. The quantitative estimate of drug-likeness (QED) is 0.819. The monoisotopic (exact) mass is 295 g/mol. The molecule has 1 aliphatic carbocycles. The van der Waals surface area contributed by atoms with Gasteiger partial charge in [-0.15, -0.1) is 0 Å². The topological polar surface area (TPSA) is 46.9 Å². The van der Waals surface area contributed by atoms with Gasteiger partial charge in [0.2, 0.25) is 0 Å². The normalized spacial score (nSPS) is 16.6. The van der Waals surface area contributed by atoms with Crippen LogP contribution in [0.1, 0.15) is 62.4 Å². The van der Waals surface area contributed by atoms with Crippen molar-refractivity contribution in [2.45, 2.75) is 57.2 Å². The lowest BCUT2D eigenvalue weighted by Gasteiger charge is -2.20. The molecule has 0 radical (unpaired) electrons. The van der Waals surface area contributed by atoms with Crippen LogP contribution in [0.2, 0.25) is 0 Å². The molecule has 1 fully saturated rings. The van der Waals surface area contributed by atoms with Gasteiger partial charge in [-0.25, -0.2) is 0 Å². The number of amides is 1. The Hall–Kier alpha value is -0.970. The molecule has 1 saturated carbocycles. The summed E-state index contributed by atoms with van der Waals surface area (Å²) in [6.45, 7) is 4.85. The first kappa shape index (κ1) is 15.4. The fourth-order valence-electron chi connectivity index (χ4n) is 2.46. The van der Waals surface area contributed by atoms with Crippen LogP contribution in [0.4, 0.5) is 0 Å². The number of rotatable bonds is 6. The molecule has 1 N–H and O–H groups in total. The van der Waals surface area contributed by atoms with Gasteiger partial charge >= 0.3 is 0 Å². The largest absolute Gasteiger partial charge is 0.351 e. The van der Waals surface area contributed by atoms with Crippen LogP contribution in [0.3, 0.4) is 0 Å². The summed E-state index contributed by atoms with van der Waals surface area (Å²) >= 11 is 2.01. The van der Waals surface area contributed by atoms with Gasteiger partial charge in [-0.3, -0.25) is 9.48 Å². The summed E-state index contributed by atoms with van der Waals surface area (Å²) in [4.78, 5) is 12.0. The van der Waals surface area contributed by atoms with E-state index in [1.165, 1.54) is 32.1 Å². The number of carbonyl (C=O) groups is 1. The third-order valence-corrected chi connectivity index (χ3v) is 5.07. The minimum atomic E-state index is -0.0128. The average Bonchev–Trinajstić information content (AvgIpc) is 2.94. The van der Waals surface area contributed by atoms with Crippen molar-refractivity contribution in [2.24, 2.45) is 0 Å². The van der Waals surface area contributed by atoms with Gasteiger partial charge in [-0.1, -0.05) is 19.3 Å². The zero-order valence-electron chi connectivity index (χ0n) is 12.5. The Morgan fingerprint density at radius 2 is 2.20 bits per heavy atom. The maximum Gasteiger partial charge on any atom is 0.254 e. The van der Waals surface area contributed by atoms with E-state index >= 15 is 0 Å². The molecular weight excluding hydrogens is 270 g/mol. The predicted molar refractivity (Wildman–Crippen MR) is 84.3 cm³/mol. The summed E-state index contributed by atoms with van der Waals surface area (Å²) in [5.41, 5.74) is 0.654. The van der Waals surface area contributed by atoms with Crippen LogP contribution >= 0.6 is 11.8 Å². The average molecular weight is 295 g/mol. The van der Waals surface area contributed by atoms with E-state index in [0.29, 0.717) is 11.6 Å². The molecule has 0 saturated heterocycles. The lowest BCUT2D eigenvalue weighted by Crippen LogP contribution is -2.26. The Bertz CT molecular complexity index is 425. The van der Waals surface area contributed by atoms with Crippen molar-refractivity contribution in [3.8, 4) is 0 Å². The zero-order chi connectivity index (χ0) is 14.4. The van der Waals surface area contributed by atoms with E-state index in [1.807, 2.05) is 22.6 Å². The minimum absolute atomic E-state index is 0.0128. The van der Waals surface area contributed by atoms with Crippen molar-refractivity contribution in [1.29, 1.82) is 0 Å². The minimum Gasteiger partial charge on any atom is -0.351 e. The number of nitrogens with zero attached hydrogens (tertiary/aromatic N) is 2. The second kappa shape index (κ2) is 7.72. The number of carbonyl (C=O) groups excluding carboxylic acids is 1. The van der Waals surface area contributed by atoms with Gasteiger partial charge in [0.15, 0.2) is 0 Å². The Kier molecular flexibility index (Phi) is 5.95. The molecule has 1 amide bonds. The predicted octanol–water partition coefficient (Wildman–Crippen LogP) is 3.26. The van der Waals surface area contributed by atoms with E-state index in [0.717, 1.165) is 17.5 Å². The highest BCUT2D eigenvalue weighted by molar-refractivity contribution is 7.99. The van der Waals surface area contributed by atoms with E-state index in [4.69, 9.17) is 0 Å². The molecule has 0 atom stereocenters. The fraction of sp³-hybridized carbons (Fsp3) is 0.733. The maximum atomic E-state index is 12.0. The summed E-state index contributed by atoms with van der Waals surface area (Å²) in [5.74, 6) is 0.996. The van der Waals surface area contributed by atoms with Crippen LogP contribution in [-0.2, 0) is 0 Å². The first-order chi connectivity index (χ1) is 9.66. The molecule has 112 valence electrons. The third kappa shape index (κ3) is 4.54. The van der Waals surface area contributed by atoms with Gasteiger partial charge in [0, 0.05) is 29.8 Å². The van der Waals surface area contributed by atoms with Gasteiger partial charge in [0.25, 0.3) is 5.91 Å². The second-order valence-corrected chi connectivity index (χ2v) is 7.10. The number of aromatic nitrogens is 2. The number of hydrogen-bond acceptors (Lipinski definition) is 3. The molecule has 0 bridgehead atoms. The van der Waals surface area contributed by atoms with E-state index in [-0.39, 0.29) is 5.91 Å². The van der Waals surface area contributed by atoms with Gasteiger partial charge in [-0.2, -0.15) is 16.9 Å². The Morgan fingerprint density at radius 3 is 2.85 bits per heavy atom. The molecule has 0 aliphatic heterocycles. The standard InChI is InChI=1S/C15H25N3OS/c1-12(2)18-11-13(10-17-18)15(19)16-8-9-20-14-6-4-3-5-7-14/h10-12,14H,3-9H2,1-2H3,(H,16,19). The van der Waals surface area contributed by atoms with Crippen molar-refractivity contribution in [3.05, 3.63) is 18.0 Å². The van der Waals surface area contributed by atoms with Gasteiger partial charge in [0.05, 0.1) is 11.8 Å². The van der Waals surface area contributed by atoms with Crippen molar-refractivity contribution in [1.82, 2.24) is 15.1 Å². The zero-order valence-corrected chi connectivity index (χ0v) is 13.3. The fourth-order valence-corrected chi connectivity index (χ4v) is 3.68. The first-order valence-corrected chi connectivity index (χ1v) is 8.65. The SMILES string of the molecule is CC(C)n1cc(C(=O)NCCSC2CCCCC2)cn1. The summed E-state index contributed by atoms with van der Waals surface area (Å²) < 4.78 is 1.81. The number of thioether (sulfide) groups is 1. The molecule has 0 aromatic carbocycles. The molecule has 4 nitrogen and oxygen atoms in total. The summed E-state index contributed by atoms with van der Waals surface area (Å²) in [6, 6.07) is 0.290. The molecule has 0 unspecified atom stereocenters. The highest BCUT2D eigenvalue weighted by Crippen LogP contribution is 2.27. The van der Waals surface area contributed by atoms with Gasteiger partial charge in [0.1, 0.15) is 0 Å². The smallest absolute Gasteiger partial charge is 0.254 e. The van der Waals surface area contributed by atoms with Crippen LogP contribution < -0.4 is 5.32 Å². The summed E-state index contributed by atoms with van der Waals surface area (Å²) in [6.07, 6.45) is 10.3. The number of nitrogens with one attached hydrogen (secondary N) is 1. The molecule has 20 heavy (non-hydrogen) atoms. The molecule has 1 aromatic rings. The second-order valence-electron chi connectivity index (χ2n) is 5.69. The van der Waals surface area contributed by atoms with Crippen molar-refractivity contribution < 1.29 is 4.79 Å². The summed E-state index contributed by atoms with van der Waals surface area (Å²) in [5, 5.41) is 7.98. The first-order valence-electron chi connectivity index (χ1n) is 7.61. The van der Waals surface area contributed by atoms with Gasteiger partial charge < -0.3 is 5.32 Å². The molecule has 5 heteroatoms. The molecule has 1 heterocycles. The van der Waals surface area contributed by atoms with Crippen LogP contribution in [0.15, 0.2) is 12.4 Å². The molecular formula is C15H25N3OS. The lowest BCUT2D eigenvalue weighted by molar-refractivity contribution is 0.0956. The van der Waals surface area contributed by atoms with Crippen molar-refractivity contribution in [3.63, 3.8) is 0 Å². The molecule has 1 aromatic heterocycles.